The first kappa shape index (κ1) is 13.4. The quantitative estimate of drug-likeness (QED) is 0.688. The zero-order chi connectivity index (χ0) is 13.8. The summed E-state index contributed by atoms with van der Waals surface area (Å²) in [5, 5.41) is 0.583. The van der Waals surface area contributed by atoms with Crippen molar-refractivity contribution in [3.05, 3.63) is 64.2 Å². The minimum absolute atomic E-state index is 0.146. The Morgan fingerprint density at radius 2 is 1.95 bits per heavy atom. The van der Waals surface area contributed by atoms with Crippen LogP contribution in [-0.2, 0) is 11.3 Å². The number of nitrogen functional groups attached to an aromatic ring is 1. The minimum Gasteiger partial charge on any atom is -0.457 e. The zero-order valence-electron chi connectivity index (χ0n) is 10.5. The van der Waals surface area contributed by atoms with E-state index in [1.807, 2.05) is 18.2 Å². The molecular weight excluding hydrogens is 262 g/mol. The van der Waals surface area contributed by atoms with Crippen LogP contribution in [0.25, 0.3) is 0 Å². The van der Waals surface area contributed by atoms with Crippen LogP contribution >= 0.6 is 11.6 Å². The van der Waals surface area contributed by atoms with Gasteiger partial charge in [-0.25, -0.2) is 4.79 Å². The lowest BCUT2D eigenvalue weighted by Gasteiger charge is -2.09. The number of carbonyl (C=O) groups excluding carboxylic acids is 1. The molecular formula is C15H14ClNO2. The summed E-state index contributed by atoms with van der Waals surface area (Å²) in [7, 11) is 0. The van der Waals surface area contributed by atoms with Gasteiger partial charge in [-0.2, -0.15) is 0 Å². The van der Waals surface area contributed by atoms with E-state index >= 15 is 0 Å². The fourth-order valence-corrected chi connectivity index (χ4v) is 1.90. The first-order valence-corrected chi connectivity index (χ1v) is 6.23. The second-order valence-electron chi connectivity index (χ2n) is 4.19. The topological polar surface area (TPSA) is 52.3 Å². The summed E-state index contributed by atoms with van der Waals surface area (Å²) < 4.78 is 5.25. The van der Waals surface area contributed by atoms with Crippen molar-refractivity contribution in [2.24, 2.45) is 0 Å². The SMILES string of the molecule is Cc1c(N)cccc1C(=O)OCc1ccccc1Cl. The van der Waals surface area contributed by atoms with Crippen LogP contribution in [0.2, 0.25) is 5.02 Å². The summed E-state index contributed by atoms with van der Waals surface area (Å²) in [6, 6.07) is 12.4. The number of halogens is 1. The standard InChI is InChI=1S/C15H14ClNO2/c1-10-12(6-4-8-14(10)17)15(18)19-9-11-5-2-3-7-13(11)16/h2-8H,9,17H2,1H3. The van der Waals surface area contributed by atoms with Gasteiger partial charge in [0.2, 0.25) is 0 Å². The van der Waals surface area contributed by atoms with E-state index in [0.29, 0.717) is 16.3 Å². The average molecular weight is 276 g/mol. The summed E-state index contributed by atoms with van der Waals surface area (Å²) in [6.45, 7) is 1.94. The maximum absolute atomic E-state index is 12.0. The molecule has 4 heteroatoms. The van der Waals surface area contributed by atoms with Gasteiger partial charge in [-0.15, -0.1) is 0 Å². The Morgan fingerprint density at radius 1 is 1.21 bits per heavy atom. The number of nitrogens with two attached hydrogens (primary N) is 1. The number of carbonyl (C=O) groups is 1. The van der Waals surface area contributed by atoms with Crippen LogP contribution in [-0.4, -0.2) is 5.97 Å². The molecule has 2 aromatic rings. The van der Waals surface area contributed by atoms with E-state index in [9.17, 15) is 4.79 Å². The van der Waals surface area contributed by atoms with E-state index in [4.69, 9.17) is 22.1 Å². The fraction of sp³-hybridized carbons (Fsp3) is 0.133. The summed E-state index contributed by atoms with van der Waals surface area (Å²) in [6.07, 6.45) is 0. The summed E-state index contributed by atoms with van der Waals surface area (Å²) in [4.78, 5) is 12.0. The van der Waals surface area contributed by atoms with Crippen molar-refractivity contribution < 1.29 is 9.53 Å². The van der Waals surface area contributed by atoms with Crippen LogP contribution < -0.4 is 5.73 Å². The van der Waals surface area contributed by atoms with Crippen LogP contribution in [0.1, 0.15) is 21.5 Å². The lowest BCUT2D eigenvalue weighted by Crippen LogP contribution is -2.08. The number of esters is 1. The van der Waals surface area contributed by atoms with E-state index in [1.165, 1.54) is 0 Å². The smallest absolute Gasteiger partial charge is 0.338 e. The number of benzene rings is 2. The van der Waals surface area contributed by atoms with Crippen molar-refractivity contribution in [3.63, 3.8) is 0 Å². The summed E-state index contributed by atoms with van der Waals surface area (Å²) >= 11 is 6.00. The molecule has 0 heterocycles. The van der Waals surface area contributed by atoms with Crippen molar-refractivity contribution in [1.82, 2.24) is 0 Å². The van der Waals surface area contributed by atoms with Crippen LogP contribution in [0.15, 0.2) is 42.5 Å². The van der Waals surface area contributed by atoms with Crippen LogP contribution in [0, 0.1) is 6.92 Å². The zero-order valence-corrected chi connectivity index (χ0v) is 11.3. The number of rotatable bonds is 3. The lowest BCUT2D eigenvalue weighted by molar-refractivity contribution is 0.0472. The molecule has 0 amide bonds. The van der Waals surface area contributed by atoms with Crippen molar-refractivity contribution in [1.29, 1.82) is 0 Å². The molecule has 2 aromatic carbocycles. The maximum Gasteiger partial charge on any atom is 0.338 e. The third-order valence-electron chi connectivity index (χ3n) is 2.91. The van der Waals surface area contributed by atoms with E-state index in [2.05, 4.69) is 0 Å². The minimum atomic E-state index is -0.398. The molecule has 0 atom stereocenters. The summed E-state index contributed by atoms with van der Waals surface area (Å²) in [5.74, 6) is -0.398. The molecule has 0 aromatic heterocycles. The molecule has 98 valence electrons. The third-order valence-corrected chi connectivity index (χ3v) is 3.28. The largest absolute Gasteiger partial charge is 0.457 e. The normalized spacial score (nSPS) is 10.2. The van der Waals surface area contributed by atoms with Gasteiger partial charge in [0.25, 0.3) is 0 Å². The highest BCUT2D eigenvalue weighted by Gasteiger charge is 2.12. The van der Waals surface area contributed by atoms with Gasteiger partial charge in [0.1, 0.15) is 6.61 Å². The highest BCUT2D eigenvalue weighted by Crippen LogP contribution is 2.19. The van der Waals surface area contributed by atoms with Crippen LogP contribution in [0.5, 0.6) is 0 Å². The first-order chi connectivity index (χ1) is 9.09. The molecule has 0 saturated carbocycles. The van der Waals surface area contributed by atoms with E-state index < -0.39 is 5.97 Å². The number of ether oxygens (including phenoxy) is 1. The second-order valence-corrected chi connectivity index (χ2v) is 4.59. The van der Waals surface area contributed by atoms with Gasteiger partial charge in [-0.3, -0.25) is 0 Å². The van der Waals surface area contributed by atoms with Gasteiger partial charge in [0.15, 0.2) is 0 Å². The molecule has 0 bridgehead atoms. The van der Waals surface area contributed by atoms with Crippen LogP contribution in [0.4, 0.5) is 5.69 Å². The van der Waals surface area contributed by atoms with Gasteiger partial charge in [0.05, 0.1) is 5.56 Å². The molecule has 3 nitrogen and oxygen atoms in total. The average Bonchev–Trinajstić information content (AvgIpc) is 2.40. The second kappa shape index (κ2) is 5.76. The predicted molar refractivity (Wildman–Crippen MR) is 76.2 cm³/mol. The summed E-state index contributed by atoms with van der Waals surface area (Å²) in [5.41, 5.74) is 8.32. The van der Waals surface area contributed by atoms with E-state index in [1.54, 1.807) is 31.2 Å². The highest BCUT2D eigenvalue weighted by atomic mass is 35.5. The van der Waals surface area contributed by atoms with E-state index in [-0.39, 0.29) is 6.61 Å². The Bertz CT molecular complexity index is 611. The maximum atomic E-state index is 12.0. The molecule has 0 spiro atoms. The monoisotopic (exact) mass is 275 g/mol. The molecule has 0 fully saturated rings. The molecule has 0 aliphatic rings. The molecule has 0 aliphatic heterocycles. The number of hydrogen-bond acceptors (Lipinski definition) is 3. The molecule has 19 heavy (non-hydrogen) atoms. The Balaban J connectivity index is 2.10. The Morgan fingerprint density at radius 3 is 2.68 bits per heavy atom. The van der Waals surface area contributed by atoms with Gasteiger partial charge in [0, 0.05) is 16.3 Å². The number of hydrogen-bond donors (Lipinski definition) is 1. The molecule has 2 rings (SSSR count). The first-order valence-electron chi connectivity index (χ1n) is 5.85. The molecule has 0 saturated heterocycles. The molecule has 0 aliphatic carbocycles. The molecule has 0 radical (unpaired) electrons. The molecule has 2 N–H and O–H groups in total. The fourth-order valence-electron chi connectivity index (χ4n) is 1.71. The Hall–Kier alpha value is -2.00. The van der Waals surface area contributed by atoms with Crippen molar-refractivity contribution in [3.8, 4) is 0 Å². The van der Waals surface area contributed by atoms with E-state index in [0.717, 1.165) is 11.1 Å². The van der Waals surface area contributed by atoms with Crippen molar-refractivity contribution in [2.45, 2.75) is 13.5 Å². The predicted octanol–water partition coefficient (Wildman–Crippen LogP) is 3.59. The number of anilines is 1. The molecule has 0 unspecified atom stereocenters. The Labute approximate surface area is 117 Å². The van der Waals surface area contributed by atoms with Gasteiger partial charge >= 0.3 is 5.97 Å². The highest BCUT2D eigenvalue weighted by molar-refractivity contribution is 6.31. The van der Waals surface area contributed by atoms with Crippen molar-refractivity contribution in [2.75, 3.05) is 5.73 Å². The lowest BCUT2D eigenvalue weighted by atomic mass is 10.1. The van der Waals surface area contributed by atoms with Crippen LogP contribution in [0.3, 0.4) is 0 Å². The third kappa shape index (κ3) is 3.06. The Kier molecular flexibility index (Phi) is 4.07. The van der Waals surface area contributed by atoms with Crippen molar-refractivity contribution >= 4 is 23.3 Å². The van der Waals surface area contributed by atoms with Gasteiger partial charge in [-0.05, 0) is 30.7 Å². The van der Waals surface area contributed by atoms with Gasteiger partial charge in [-0.1, -0.05) is 35.9 Å². The van der Waals surface area contributed by atoms with Gasteiger partial charge < -0.3 is 10.5 Å².